The lowest BCUT2D eigenvalue weighted by molar-refractivity contribution is 0.102. The average Bonchev–Trinajstić information content (AvgIpc) is 3.34. The molecule has 0 aliphatic rings. The Hall–Kier alpha value is -3.25. The first-order chi connectivity index (χ1) is 13.2. The molecule has 27 heavy (non-hydrogen) atoms. The highest BCUT2D eigenvalue weighted by Crippen LogP contribution is 2.23. The molecule has 0 spiro atoms. The number of aromatic nitrogens is 3. The van der Waals surface area contributed by atoms with Gasteiger partial charge >= 0.3 is 0 Å². The summed E-state index contributed by atoms with van der Waals surface area (Å²) in [5.41, 5.74) is 4.41. The Labute approximate surface area is 161 Å². The lowest BCUT2D eigenvalue weighted by Crippen LogP contribution is -2.12. The first-order valence-corrected chi connectivity index (χ1v) is 9.46. The van der Waals surface area contributed by atoms with E-state index in [1.165, 1.54) is 0 Å². The Morgan fingerprint density at radius 1 is 1.15 bits per heavy atom. The molecule has 2 heterocycles. The zero-order valence-corrected chi connectivity index (χ0v) is 15.6. The number of aryl methyl sites for hydroxylation is 1. The summed E-state index contributed by atoms with van der Waals surface area (Å²) in [7, 11) is 0. The Kier molecular flexibility index (Phi) is 4.80. The Balaban J connectivity index is 1.45. The van der Waals surface area contributed by atoms with E-state index in [2.05, 4.69) is 15.4 Å². The van der Waals surface area contributed by atoms with Crippen molar-refractivity contribution < 1.29 is 4.79 Å². The molecule has 0 unspecified atom stereocenters. The fourth-order valence-electron chi connectivity index (χ4n) is 2.82. The average molecular weight is 374 g/mol. The summed E-state index contributed by atoms with van der Waals surface area (Å²) in [5.74, 6) is -0.130. The van der Waals surface area contributed by atoms with E-state index in [4.69, 9.17) is 0 Å². The van der Waals surface area contributed by atoms with Crippen molar-refractivity contribution in [3.05, 3.63) is 88.5 Å². The Morgan fingerprint density at radius 2 is 2.00 bits per heavy atom. The molecule has 2 aromatic heterocycles. The van der Waals surface area contributed by atoms with Crippen molar-refractivity contribution in [3.8, 4) is 11.3 Å². The molecule has 134 valence electrons. The number of nitrogens with one attached hydrogen (secondary N) is 1. The highest BCUT2D eigenvalue weighted by molar-refractivity contribution is 7.09. The molecule has 4 aromatic rings. The molecule has 0 saturated heterocycles. The third kappa shape index (κ3) is 4.12. The van der Waals surface area contributed by atoms with E-state index in [-0.39, 0.29) is 5.91 Å². The van der Waals surface area contributed by atoms with Crippen LogP contribution < -0.4 is 5.32 Å². The standard InChI is InChI=1S/C21H18N4OS/c1-15-23-20(14-27-15)17-6-8-19(9-7-17)24-21(26)18-5-2-4-16(12-18)13-25-11-3-10-22-25/h2-12,14H,13H2,1H3,(H,24,26). The van der Waals surface area contributed by atoms with Crippen LogP contribution in [-0.2, 0) is 6.54 Å². The van der Waals surface area contributed by atoms with Crippen LogP contribution >= 0.6 is 11.3 Å². The number of carbonyl (C=O) groups excluding carboxylic acids is 1. The third-order valence-corrected chi connectivity index (χ3v) is 4.92. The molecular formula is C21H18N4OS. The van der Waals surface area contributed by atoms with E-state index in [1.807, 2.05) is 77.8 Å². The van der Waals surface area contributed by atoms with Crippen molar-refractivity contribution in [2.45, 2.75) is 13.5 Å². The number of thiazole rings is 1. The number of benzene rings is 2. The molecule has 1 N–H and O–H groups in total. The van der Waals surface area contributed by atoms with Gasteiger partial charge in [-0.1, -0.05) is 24.3 Å². The number of hydrogen-bond donors (Lipinski definition) is 1. The van der Waals surface area contributed by atoms with E-state index < -0.39 is 0 Å². The molecule has 1 amide bonds. The maximum absolute atomic E-state index is 12.6. The number of hydrogen-bond acceptors (Lipinski definition) is 4. The van der Waals surface area contributed by atoms with Crippen LogP contribution in [0.1, 0.15) is 20.9 Å². The van der Waals surface area contributed by atoms with Gasteiger partial charge in [0.2, 0.25) is 0 Å². The van der Waals surface area contributed by atoms with Crippen LogP contribution in [0.4, 0.5) is 5.69 Å². The molecule has 0 aliphatic heterocycles. The highest BCUT2D eigenvalue weighted by Gasteiger charge is 2.08. The SMILES string of the molecule is Cc1nc(-c2ccc(NC(=O)c3cccc(Cn4cccn4)c3)cc2)cs1. The minimum atomic E-state index is -0.130. The molecule has 0 radical (unpaired) electrons. The van der Waals surface area contributed by atoms with Crippen LogP contribution in [0, 0.1) is 6.92 Å². The summed E-state index contributed by atoms with van der Waals surface area (Å²) in [6.45, 7) is 2.62. The minimum Gasteiger partial charge on any atom is -0.322 e. The molecule has 5 nitrogen and oxygen atoms in total. The summed E-state index contributed by atoms with van der Waals surface area (Å²) in [6.07, 6.45) is 3.64. The molecule has 2 aromatic carbocycles. The second-order valence-electron chi connectivity index (χ2n) is 6.19. The van der Waals surface area contributed by atoms with E-state index in [0.29, 0.717) is 12.1 Å². The summed E-state index contributed by atoms with van der Waals surface area (Å²) in [6, 6.07) is 17.2. The minimum absolute atomic E-state index is 0.130. The van der Waals surface area contributed by atoms with Gasteiger partial charge in [0, 0.05) is 34.6 Å². The van der Waals surface area contributed by atoms with Crippen LogP contribution in [0.25, 0.3) is 11.3 Å². The smallest absolute Gasteiger partial charge is 0.255 e. The number of rotatable bonds is 5. The molecule has 0 aliphatic carbocycles. The second kappa shape index (κ2) is 7.55. The van der Waals surface area contributed by atoms with Gasteiger partial charge < -0.3 is 5.32 Å². The van der Waals surface area contributed by atoms with Crippen LogP contribution in [0.15, 0.2) is 72.4 Å². The number of carbonyl (C=O) groups is 1. The zero-order valence-electron chi connectivity index (χ0n) is 14.8. The summed E-state index contributed by atoms with van der Waals surface area (Å²) >= 11 is 1.63. The second-order valence-corrected chi connectivity index (χ2v) is 7.25. The number of anilines is 1. The molecule has 4 rings (SSSR count). The Morgan fingerprint density at radius 3 is 2.70 bits per heavy atom. The fraction of sp³-hybridized carbons (Fsp3) is 0.0952. The van der Waals surface area contributed by atoms with Crippen molar-refractivity contribution in [3.63, 3.8) is 0 Å². The maximum Gasteiger partial charge on any atom is 0.255 e. The molecule has 0 saturated carbocycles. The van der Waals surface area contributed by atoms with E-state index in [0.717, 1.165) is 27.5 Å². The maximum atomic E-state index is 12.6. The van der Waals surface area contributed by atoms with Gasteiger partial charge in [-0.3, -0.25) is 9.48 Å². The van der Waals surface area contributed by atoms with E-state index in [9.17, 15) is 4.79 Å². The normalized spacial score (nSPS) is 10.7. The predicted octanol–water partition coefficient (Wildman–Crippen LogP) is 4.62. The van der Waals surface area contributed by atoms with Crippen molar-refractivity contribution >= 4 is 22.9 Å². The first kappa shape index (κ1) is 17.2. The van der Waals surface area contributed by atoms with Gasteiger partial charge in [-0.05, 0) is 42.8 Å². The molecule has 0 atom stereocenters. The van der Waals surface area contributed by atoms with E-state index >= 15 is 0 Å². The lowest BCUT2D eigenvalue weighted by Gasteiger charge is -2.08. The van der Waals surface area contributed by atoms with Gasteiger partial charge in [0.1, 0.15) is 0 Å². The summed E-state index contributed by atoms with van der Waals surface area (Å²) < 4.78 is 1.83. The summed E-state index contributed by atoms with van der Waals surface area (Å²) in [4.78, 5) is 17.1. The van der Waals surface area contributed by atoms with E-state index in [1.54, 1.807) is 17.5 Å². The fourth-order valence-corrected chi connectivity index (χ4v) is 3.44. The summed E-state index contributed by atoms with van der Waals surface area (Å²) in [5, 5.41) is 10.2. The molecule has 0 bridgehead atoms. The van der Waals surface area contributed by atoms with Crippen molar-refractivity contribution in [2.24, 2.45) is 0 Å². The van der Waals surface area contributed by atoms with Crippen LogP contribution in [0.5, 0.6) is 0 Å². The zero-order chi connectivity index (χ0) is 18.6. The quantitative estimate of drug-likeness (QED) is 0.555. The van der Waals surface area contributed by atoms with Crippen molar-refractivity contribution in [2.75, 3.05) is 5.32 Å². The van der Waals surface area contributed by atoms with Crippen molar-refractivity contribution in [1.82, 2.24) is 14.8 Å². The first-order valence-electron chi connectivity index (χ1n) is 8.58. The lowest BCUT2D eigenvalue weighted by atomic mass is 10.1. The van der Waals surface area contributed by atoms with Gasteiger partial charge in [-0.25, -0.2) is 4.98 Å². The van der Waals surface area contributed by atoms with Crippen molar-refractivity contribution in [1.29, 1.82) is 0 Å². The topological polar surface area (TPSA) is 59.8 Å². The van der Waals surface area contributed by atoms with Gasteiger partial charge in [0.25, 0.3) is 5.91 Å². The number of amides is 1. The monoisotopic (exact) mass is 374 g/mol. The number of nitrogens with zero attached hydrogens (tertiary/aromatic N) is 3. The van der Waals surface area contributed by atoms with Gasteiger partial charge in [0.05, 0.1) is 17.2 Å². The van der Waals surface area contributed by atoms with Gasteiger partial charge in [-0.15, -0.1) is 11.3 Å². The van der Waals surface area contributed by atoms with Crippen LogP contribution in [0.2, 0.25) is 0 Å². The molecule has 0 fully saturated rings. The highest BCUT2D eigenvalue weighted by atomic mass is 32.1. The van der Waals surface area contributed by atoms with Gasteiger partial charge in [-0.2, -0.15) is 5.10 Å². The molecular weight excluding hydrogens is 356 g/mol. The Bertz CT molecular complexity index is 1050. The van der Waals surface area contributed by atoms with Crippen LogP contribution in [0.3, 0.4) is 0 Å². The third-order valence-electron chi connectivity index (χ3n) is 4.15. The largest absolute Gasteiger partial charge is 0.322 e. The molecule has 6 heteroatoms. The van der Waals surface area contributed by atoms with Crippen LogP contribution in [-0.4, -0.2) is 20.7 Å². The van der Waals surface area contributed by atoms with Gasteiger partial charge in [0.15, 0.2) is 0 Å². The predicted molar refractivity (Wildman–Crippen MR) is 108 cm³/mol.